The summed E-state index contributed by atoms with van der Waals surface area (Å²) in [5.41, 5.74) is 6.98. The molecule has 2 aliphatic rings. The van der Waals surface area contributed by atoms with Gasteiger partial charge < -0.3 is 26.4 Å². The fourth-order valence-corrected chi connectivity index (χ4v) is 4.29. The number of methoxy groups -OCH3 is 1. The summed E-state index contributed by atoms with van der Waals surface area (Å²) < 4.78 is 5.23. The Morgan fingerprint density at radius 1 is 1.13 bits per heavy atom. The molecule has 1 aliphatic heterocycles. The van der Waals surface area contributed by atoms with E-state index in [0.29, 0.717) is 41.4 Å². The number of hydrogen-bond donors (Lipinski definition) is 5. The first-order chi connectivity index (χ1) is 15.1. The average Bonchev–Trinajstić information content (AvgIpc) is 3.03. The minimum Gasteiger partial charge on any atom is -0.495 e. The molecular formula is C22H36ClN7O. The maximum atomic E-state index is 6.27. The molecule has 0 radical (unpaired) electrons. The molecule has 0 bridgehead atoms. The smallest absolute Gasteiger partial charge is 0.227 e. The van der Waals surface area contributed by atoms with Gasteiger partial charge in [0.1, 0.15) is 5.75 Å². The maximum Gasteiger partial charge on any atom is 0.227 e. The number of nitrogens with zero attached hydrogens (tertiary/aromatic N) is 2. The van der Waals surface area contributed by atoms with Crippen LogP contribution in [-0.4, -0.2) is 50.9 Å². The van der Waals surface area contributed by atoms with Gasteiger partial charge in [0.05, 0.1) is 18.8 Å². The summed E-state index contributed by atoms with van der Waals surface area (Å²) in [7, 11) is 1.60. The van der Waals surface area contributed by atoms with Crippen molar-refractivity contribution < 1.29 is 4.74 Å². The van der Waals surface area contributed by atoms with E-state index < -0.39 is 0 Å². The molecule has 172 valence electrons. The second kappa shape index (κ2) is 12.7. The molecular weight excluding hydrogens is 414 g/mol. The largest absolute Gasteiger partial charge is 0.495 e. The summed E-state index contributed by atoms with van der Waals surface area (Å²) in [6, 6.07) is 6.32. The normalized spacial score (nSPS) is 19.7. The first kappa shape index (κ1) is 23.6. The number of aliphatic imine (C=N–C) groups is 2. The average molecular weight is 450 g/mol. The zero-order valence-electron chi connectivity index (χ0n) is 18.4. The number of halogens is 1. The maximum absolute atomic E-state index is 6.27. The number of benzene rings is 1. The van der Waals surface area contributed by atoms with Gasteiger partial charge in [-0.15, -0.1) is 0 Å². The molecule has 1 aliphatic carbocycles. The molecule has 1 aromatic carbocycles. The second-order valence-electron chi connectivity index (χ2n) is 8.17. The van der Waals surface area contributed by atoms with E-state index in [0.717, 1.165) is 31.6 Å². The van der Waals surface area contributed by atoms with Crippen LogP contribution in [0.15, 0.2) is 28.2 Å². The van der Waals surface area contributed by atoms with Crippen LogP contribution in [0.5, 0.6) is 5.75 Å². The number of hydrogen-bond acceptors (Lipinski definition) is 4. The zero-order chi connectivity index (χ0) is 21.9. The molecule has 0 atom stereocenters. The SMILES string of the molecule is COc1ccc(NC(=N/CNC2CCCCCC2)/N=C(\N)NC2CCNCC2)cc1Cl. The molecule has 9 heteroatoms. The lowest BCUT2D eigenvalue weighted by molar-refractivity contribution is 0.415. The van der Waals surface area contributed by atoms with Crippen LogP contribution in [0.1, 0.15) is 51.4 Å². The van der Waals surface area contributed by atoms with E-state index in [1.54, 1.807) is 13.2 Å². The van der Waals surface area contributed by atoms with Crippen molar-refractivity contribution in [1.29, 1.82) is 0 Å². The van der Waals surface area contributed by atoms with E-state index in [9.17, 15) is 0 Å². The Bertz CT molecular complexity index is 741. The molecule has 0 aromatic heterocycles. The molecule has 8 nitrogen and oxygen atoms in total. The Labute approximate surface area is 190 Å². The minimum atomic E-state index is 0.325. The molecule has 1 saturated heterocycles. The lowest BCUT2D eigenvalue weighted by atomic mass is 10.1. The van der Waals surface area contributed by atoms with Crippen molar-refractivity contribution >= 4 is 29.2 Å². The first-order valence-corrected chi connectivity index (χ1v) is 11.7. The summed E-state index contributed by atoms with van der Waals surface area (Å²) in [5.74, 6) is 1.44. The lowest BCUT2D eigenvalue weighted by Crippen LogP contribution is -2.46. The number of nitrogens with one attached hydrogen (secondary N) is 4. The highest BCUT2D eigenvalue weighted by Gasteiger charge is 2.14. The molecule has 6 N–H and O–H groups in total. The lowest BCUT2D eigenvalue weighted by Gasteiger charge is -2.24. The first-order valence-electron chi connectivity index (χ1n) is 11.3. The molecule has 0 unspecified atom stereocenters. The van der Waals surface area contributed by atoms with Crippen LogP contribution in [0.2, 0.25) is 5.02 Å². The summed E-state index contributed by atoms with van der Waals surface area (Å²) >= 11 is 6.27. The van der Waals surface area contributed by atoms with Gasteiger partial charge in [0.2, 0.25) is 5.96 Å². The van der Waals surface area contributed by atoms with Gasteiger partial charge in [-0.3, -0.25) is 5.32 Å². The van der Waals surface area contributed by atoms with Crippen LogP contribution in [-0.2, 0) is 0 Å². The Hall–Kier alpha value is -2.03. The second-order valence-corrected chi connectivity index (χ2v) is 8.58. The van der Waals surface area contributed by atoms with Crippen LogP contribution in [0.4, 0.5) is 5.69 Å². The predicted octanol–water partition coefficient (Wildman–Crippen LogP) is 3.04. The molecule has 1 saturated carbocycles. The van der Waals surface area contributed by atoms with Crippen molar-refractivity contribution in [3.8, 4) is 5.75 Å². The van der Waals surface area contributed by atoms with Crippen LogP contribution < -0.4 is 31.7 Å². The Morgan fingerprint density at radius 2 is 1.87 bits per heavy atom. The van der Waals surface area contributed by atoms with E-state index in [-0.39, 0.29) is 0 Å². The van der Waals surface area contributed by atoms with E-state index in [4.69, 9.17) is 22.1 Å². The van der Waals surface area contributed by atoms with Gasteiger partial charge in [-0.25, -0.2) is 4.99 Å². The van der Waals surface area contributed by atoms with Gasteiger partial charge >= 0.3 is 0 Å². The number of ether oxygens (including phenoxy) is 1. The summed E-state index contributed by atoms with van der Waals surface area (Å²) in [5, 5.41) is 14.0. The summed E-state index contributed by atoms with van der Waals surface area (Å²) in [4.78, 5) is 9.18. The van der Waals surface area contributed by atoms with E-state index in [1.165, 1.54) is 38.5 Å². The molecule has 3 rings (SSSR count). The van der Waals surface area contributed by atoms with Gasteiger partial charge in [-0.2, -0.15) is 4.99 Å². The van der Waals surface area contributed by atoms with E-state index in [2.05, 4.69) is 31.3 Å². The number of rotatable bonds is 6. The molecule has 1 aromatic rings. The predicted molar refractivity (Wildman–Crippen MR) is 129 cm³/mol. The minimum absolute atomic E-state index is 0.325. The molecule has 2 fully saturated rings. The molecule has 1 heterocycles. The van der Waals surface area contributed by atoms with Crippen molar-refractivity contribution in [2.45, 2.75) is 63.5 Å². The van der Waals surface area contributed by atoms with Crippen molar-refractivity contribution in [1.82, 2.24) is 16.0 Å². The topological polar surface area (TPSA) is 108 Å². The number of nitrogens with two attached hydrogens (primary N) is 1. The van der Waals surface area contributed by atoms with Crippen molar-refractivity contribution in [2.24, 2.45) is 15.7 Å². The van der Waals surface area contributed by atoms with Gasteiger partial charge in [0.15, 0.2) is 5.96 Å². The van der Waals surface area contributed by atoms with Crippen molar-refractivity contribution in [2.75, 3.05) is 32.2 Å². The summed E-state index contributed by atoms with van der Waals surface area (Å²) in [6.45, 7) is 2.46. The summed E-state index contributed by atoms with van der Waals surface area (Å²) in [6.07, 6.45) is 9.67. The molecule has 0 amide bonds. The third-order valence-corrected chi connectivity index (χ3v) is 6.08. The van der Waals surface area contributed by atoms with Gasteiger partial charge in [-0.05, 0) is 57.0 Å². The van der Waals surface area contributed by atoms with Gasteiger partial charge in [0, 0.05) is 17.8 Å². The van der Waals surface area contributed by atoms with Crippen molar-refractivity contribution in [3.63, 3.8) is 0 Å². The van der Waals surface area contributed by atoms with E-state index in [1.807, 2.05) is 12.1 Å². The Balaban J connectivity index is 1.67. The van der Waals surface area contributed by atoms with Gasteiger partial charge in [0.25, 0.3) is 0 Å². The van der Waals surface area contributed by atoms with E-state index >= 15 is 0 Å². The highest BCUT2D eigenvalue weighted by molar-refractivity contribution is 6.32. The third kappa shape index (κ3) is 8.20. The highest BCUT2D eigenvalue weighted by Crippen LogP contribution is 2.27. The Morgan fingerprint density at radius 3 is 2.55 bits per heavy atom. The Kier molecular flexibility index (Phi) is 9.71. The van der Waals surface area contributed by atoms with Crippen LogP contribution >= 0.6 is 11.6 Å². The van der Waals surface area contributed by atoms with Crippen molar-refractivity contribution in [3.05, 3.63) is 23.2 Å². The fraction of sp³-hybridized carbons (Fsp3) is 0.636. The van der Waals surface area contributed by atoms with Crippen LogP contribution in [0.3, 0.4) is 0 Å². The standard InChI is InChI=1S/C22H36ClN7O/c1-31-20-9-8-18(14-19(20)23)29-22(27-15-26-16-6-4-2-3-5-7-16)30-21(24)28-17-10-12-25-13-11-17/h8-9,14,16-17,25-26H,2-7,10-13,15H2,1H3,(H4,24,27,28,29,30). The molecule has 0 spiro atoms. The quantitative estimate of drug-likeness (QED) is 0.259. The van der Waals surface area contributed by atoms with Crippen LogP contribution in [0.25, 0.3) is 0 Å². The molecule has 31 heavy (non-hydrogen) atoms. The number of anilines is 1. The fourth-order valence-electron chi connectivity index (χ4n) is 4.03. The number of guanidine groups is 2. The van der Waals surface area contributed by atoms with Crippen LogP contribution in [0, 0.1) is 0 Å². The number of piperidine rings is 1. The zero-order valence-corrected chi connectivity index (χ0v) is 19.2. The van der Waals surface area contributed by atoms with Gasteiger partial charge in [-0.1, -0.05) is 37.3 Å². The highest BCUT2D eigenvalue weighted by atomic mass is 35.5. The monoisotopic (exact) mass is 449 g/mol. The third-order valence-electron chi connectivity index (χ3n) is 5.79.